The zero-order chi connectivity index (χ0) is 22.1. The van der Waals surface area contributed by atoms with Crippen molar-refractivity contribution in [2.24, 2.45) is 0 Å². The Kier molecular flexibility index (Phi) is 5.40. The van der Waals surface area contributed by atoms with Gasteiger partial charge in [-0.2, -0.15) is 5.26 Å². The Bertz CT molecular complexity index is 1270. The molecule has 2 aromatic carbocycles. The Morgan fingerprint density at radius 3 is 2.52 bits per heavy atom. The molecule has 0 bridgehead atoms. The van der Waals surface area contributed by atoms with Crippen molar-refractivity contribution < 1.29 is 14.7 Å². The Morgan fingerprint density at radius 2 is 1.81 bits per heavy atom. The highest BCUT2D eigenvalue weighted by Crippen LogP contribution is 2.35. The van der Waals surface area contributed by atoms with Crippen LogP contribution in [0.15, 0.2) is 59.5 Å². The zero-order valence-corrected chi connectivity index (χ0v) is 17.8. The van der Waals surface area contributed by atoms with Crippen LogP contribution in [-0.2, 0) is 11.3 Å². The van der Waals surface area contributed by atoms with Crippen LogP contribution in [0.5, 0.6) is 5.75 Å². The van der Waals surface area contributed by atoms with Crippen LogP contribution in [0.25, 0.3) is 11.8 Å². The molecule has 154 valence electrons. The van der Waals surface area contributed by atoms with Gasteiger partial charge in [-0.3, -0.25) is 14.5 Å². The Labute approximate surface area is 184 Å². The fourth-order valence-corrected chi connectivity index (χ4v) is 4.48. The number of carbonyl (C=O) groups excluding carboxylic acids is 2. The van der Waals surface area contributed by atoms with Crippen molar-refractivity contribution in [2.45, 2.75) is 20.4 Å². The second-order valence-corrected chi connectivity index (χ2v) is 8.21. The Morgan fingerprint density at radius 1 is 1.10 bits per heavy atom. The average molecular weight is 430 g/mol. The molecule has 1 N–H and O–H groups in total. The summed E-state index contributed by atoms with van der Waals surface area (Å²) in [5, 5.41) is 18.5. The van der Waals surface area contributed by atoms with E-state index in [0.29, 0.717) is 16.0 Å². The molecule has 0 atom stereocenters. The molecular formula is C24H19N3O3S. The number of aromatic nitrogens is 1. The quantitative estimate of drug-likeness (QED) is 0.596. The van der Waals surface area contributed by atoms with E-state index >= 15 is 0 Å². The van der Waals surface area contributed by atoms with E-state index in [9.17, 15) is 20.0 Å². The van der Waals surface area contributed by atoms with Gasteiger partial charge in [0.2, 0.25) is 0 Å². The number of aryl methyl sites for hydroxylation is 1. The second-order valence-electron chi connectivity index (χ2n) is 7.22. The van der Waals surface area contributed by atoms with Crippen molar-refractivity contribution in [3.63, 3.8) is 0 Å². The maximum absolute atomic E-state index is 12.9. The van der Waals surface area contributed by atoms with Gasteiger partial charge in [0.1, 0.15) is 5.75 Å². The molecular weight excluding hydrogens is 410 g/mol. The highest BCUT2D eigenvalue weighted by molar-refractivity contribution is 8.18. The number of amides is 2. The Hall–Kier alpha value is -3.76. The predicted molar refractivity (Wildman–Crippen MR) is 120 cm³/mol. The highest BCUT2D eigenvalue weighted by Gasteiger charge is 2.35. The minimum atomic E-state index is -0.364. The zero-order valence-electron chi connectivity index (χ0n) is 17.0. The molecule has 2 amide bonds. The van der Waals surface area contributed by atoms with Gasteiger partial charge in [0, 0.05) is 17.1 Å². The number of hydrogen-bond acceptors (Lipinski definition) is 5. The highest BCUT2D eigenvalue weighted by atomic mass is 32.2. The van der Waals surface area contributed by atoms with Crippen LogP contribution in [0.2, 0.25) is 0 Å². The number of aromatic hydroxyl groups is 1. The van der Waals surface area contributed by atoms with Crippen LogP contribution in [-0.4, -0.2) is 25.7 Å². The summed E-state index contributed by atoms with van der Waals surface area (Å²) < 4.78 is 2.03. The summed E-state index contributed by atoms with van der Waals surface area (Å²) in [6.07, 6.45) is 1.74. The molecule has 0 spiro atoms. The van der Waals surface area contributed by atoms with E-state index in [-0.39, 0.29) is 23.4 Å². The number of hydrogen-bond donors (Lipinski definition) is 1. The Balaban J connectivity index is 1.64. The topological polar surface area (TPSA) is 86.3 Å². The summed E-state index contributed by atoms with van der Waals surface area (Å²) in [4.78, 5) is 27.0. The second kappa shape index (κ2) is 8.17. The van der Waals surface area contributed by atoms with Gasteiger partial charge in [-0.05, 0) is 79.2 Å². The first-order valence-corrected chi connectivity index (χ1v) is 10.4. The third-order valence-electron chi connectivity index (χ3n) is 5.20. The number of thioether (sulfide) groups is 1. The maximum Gasteiger partial charge on any atom is 0.293 e. The van der Waals surface area contributed by atoms with Gasteiger partial charge in [0.25, 0.3) is 11.1 Å². The van der Waals surface area contributed by atoms with Crippen LogP contribution >= 0.6 is 11.8 Å². The molecule has 4 rings (SSSR count). The van der Waals surface area contributed by atoms with E-state index < -0.39 is 0 Å². The van der Waals surface area contributed by atoms with Gasteiger partial charge in [-0.1, -0.05) is 18.2 Å². The van der Waals surface area contributed by atoms with Gasteiger partial charge in [-0.25, -0.2) is 0 Å². The number of nitrogens with zero attached hydrogens (tertiary/aromatic N) is 3. The van der Waals surface area contributed by atoms with Crippen molar-refractivity contribution in [1.29, 1.82) is 5.26 Å². The number of carbonyl (C=O) groups is 2. The molecule has 6 nitrogen and oxygen atoms in total. The fourth-order valence-electron chi connectivity index (χ4n) is 3.65. The maximum atomic E-state index is 12.9. The summed E-state index contributed by atoms with van der Waals surface area (Å²) in [6, 6.07) is 17.9. The summed E-state index contributed by atoms with van der Waals surface area (Å²) in [5.74, 6) is -0.171. The van der Waals surface area contributed by atoms with E-state index in [1.165, 1.54) is 4.90 Å². The first-order chi connectivity index (χ1) is 14.9. The third kappa shape index (κ3) is 3.86. The largest absolute Gasteiger partial charge is 0.508 e. The molecule has 0 unspecified atom stereocenters. The lowest BCUT2D eigenvalue weighted by atomic mass is 10.1. The summed E-state index contributed by atoms with van der Waals surface area (Å²) in [7, 11) is 0. The minimum absolute atomic E-state index is 0.0677. The number of nitriles is 1. The first-order valence-electron chi connectivity index (χ1n) is 9.60. The van der Waals surface area contributed by atoms with Crippen LogP contribution in [0.1, 0.15) is 28.1 Å². The average Bonchev–Trinajstić information content (AvgIpc) is 3.18. The third-order valence-corrected chi connectivity index (χ3v) is 6.11. The molecule has 0 radical (unpaired) electrons. The number of phenols is 1. The van der Waals surface area contributed by atoms with Crippen LogP contribution in [0, 0.1) is 25.2 Å². The molecule has 31 heavy (non-hydrogen) atoms. The number of imide groups is 1. The fraction of sp³-hybridized carbons (Fsp3) is 0.125. The lowest BCUT2D eigenvalue weighted by Gasteiger charge is -2.13. The molecule has 0 saturated carbocycles. The van der Waals surface area contributed by atoms with Gasteiger partial charge in [0.05, 0.1) is 23.1 Å². The summed E-state index contributed by atoms with van der Waals surface area (Å²) in [6.45, 7) is 3.97. The molecule has 1 aromatic heterocycles. The predicted octanol–water partition coefficient (Wildman–Crippen LogP) is 4.91. The van der Waals surface area contributed by atoms with Crippen LogP contribution in [0.3, 0.4) is 0 Å². The molecule has 1 aliphatic rings. The van der Waals surface area contributed by atoms with Gasteiger partial charge in [-0.15, -0.1) is 0 Å². The van der Waals surface area contributed by atoms with Crippen molar-refractivity contribution in [3.05, 3.63) is 87.6 Å². The van der Waals surface area contributed by atoms with E-state index in [0.717, 1.165) is 34.4 Å². The normalized spacial score (nSPS) is 15.0. The first kappa shape index (κ1) is 20.5. The molecule has 2 heterocycles. The molecule has 3 aromatic rings. The van der Waals surface area contributed by atoms with Crippen molar-refractivity contribution >= 4 is 29.0 Å². The molecule has 1 fully saturated rings. The van der Waals surface area contributed by atoms with Gasteiger partial charge in [0.15, 0.2) is 0 Å². The SMILES string of the molecule is Cc1cc(/C=C2\SC(=O)N(Cc3ccccc3C#N)C2=O)c(C)n1-c1ccc(O)cc1. The lowest BCUT2D eigenvalue weighted by molar-refractivity contribution is -0.123. The lowest BCUT2D eigenvalue weighted by Crippen LogP contribution is -2.27. The van der Waals surface area contributed by atoms with Crippen molar-refractivity contribution in [3.8, 4) is 17.5 Å². The van der Waals surface area contributed by atoms with Crippen LogP contribution in [0.4, 0.5) is 4.79 Å². The van der Waals surface area contributed by atoms with E-state index in [1.54, 1.807) is 42.5 Å². The number of rotatable bonds is 4. The standard InChI is InChI=1S/C24H19N3O3S/c1-15-11-19(16(2)27(15)20-7-9-21(28)10-8-20)12-22-23(29)26(24(30)31-22)14-18-6-4-3-5-17(18)13-25/h3-12,28H,14H2,1-2H3/b22-12-. The smallest absolute Gasteiger partial charge is 0.293 e. The molecule has 7 heteroatoms. The monoisotopic (exact) mass is 429 g/mol. The summed E-state index contributed by atoms with van der Waals surface area (Å²) >= 11 is 0.904. The van der Waals surface area contributed by atoms with Crippen molar-refractivity contribution in [2.75, 3.05) is 0 Å². The van der Waals surface area contributed by atoms with Gasteiger partial charge >= 0.3 is 0 Å². The van der Waals surface area contributed by atoms with Crippen LogP contribution < -0.4 is 0 Å². The van der Waals surface area contributed by atoms with E-state index in [1.807, 2.05) is 36.6 Å². The van der Waals surface area contributed by atoms with Gasteiger partial charge < -0.3 is 9.67 Å². The molecule has 1 saturated heterocycles. The van der Waals surface area contributed by atoms with E-state index in [2.05, 4.69) is 6.07 Å². The molecule has 1 aliphatic heterocycles. The number of benzene rings is 2. The van der Waals surface area contributed by atoms with E-state index in [4.69, 9.17) is 0 Å². The van der Waals surface area contributed by atoms with Crippen molar-refractivity contribution in [1.82, 2.24) is 9.47 Å². The molecule has 0 aliphatic carbocycles. The minimum Gasteiger partial charge on any atom is -0.508 e. The number of phenolic OH excluding ortho intramolecular Hbond substituents is 1. The summed E-state index contributed by atoms with van der Waals surface area (Å²) in [5.41, 5.74) is 4.71.